The molecule has 3 aromatic carbocycles. The second-order valence-electron chi connectivity index (χ2n) is 8.42. The van der Waals surface area contributed by atoms with E-state index in [4.69, 9.17) is 9.47 Å². The summed E-state index contributed by atoms with van der Waals surface area (Å²) in [6.45, 7) is 2.08. The lowest BCUT2D eigenvalue weighted by Gasteiger charge is -2.12. The Labute approximate surface area is 210 Å². The normalized spacial score (nSPS) is 14.6. The van der Waals surface area contributed by atoms with Crippen LogP contribution in [0.15, 0.2) is 108 Å². The van der Waals surface area contributed by atoms with Crippen LogP contribution in [0.25, 0.3) is 5.57 Å². The van der Waals surface area contributed by atoms with Crippen LogP contribution in [0.3, 0.4) is 0 Å². The third kappa shape index (κ3) is 5.85. The molecule has 0 fully saturated rings. The SMILES string of the molecule is CC1CC=C(c2cc(Oc3cccc(NC(=O)c4ccc(Oc5ccccc5)cc4)c3)ccn2)C=N1. The zero-order chi connectivity index (χ0) is 24.7. The molecule has 5 rings (SSSR count). The van der Waals surface area contributed by atoms with E-state index in [0.29, 0.717) is 34.5 Å². The number of dihydropyridines is 1. The molecule has 36 heavy (non-hydrogen) atoms. The highest BCUT2D eigenvalue weighted by Gasteiger charge is 2.11. The number of amides is 1. The van der Waals surface area contributed by atoms with E-state index in [0.717, 1.165) is 23.4 Å². The van der Waals surface area contributed by atoms with Crippen LogP contribution in [-0.2, 0) is 0 Å². The number of allylic oxidation sites excluding steroid dienone is 1. The molecule has 0 aliphatic carbocycles. The fourth-order valence-corrected chi connectivity index (χ4v) is 3.70. The van der Waals surface area contributed by atoms with E-state index >= 15 is 0 Å². The molecule has 1 N–H and O–H groups in total. The standard InChI is InChI=1S/C30H25N3O3/c1-21-10-11-23(20-32-21)29-19-28(16-17-31-29)36-27-9-5-6-24(18-27)33-30(34)22-12-14-26(15-13-22)35-25-7-3-2-4-8-25/h2-9,11-21H,10H2,1H3,(H,33,34). The van der Waals surface area contributed by atoms with Crippen molar-refractivity contribution in [1.82, 2.24) is 4.98 Å². The Morgan fingerprint density at radius 3 is 2.33 bits per heavy atom. The van der Waals surface area contributed by atoms with Crippen LogP contribution < -0.4 is 14.8 Å². The number of pyridine rings is 1. The van der Waals surface area contributed by atoms with Gasteiger partial charge in [-0.15, -0.1) is 0 Å². The van der Waals surface area contributed by atoms with Gasteiger partial charge in [0, 0.05) is 41.4 Å². The second kappa shape index (κ2) is 10.7. The van der Waals surface area contributed by atoms with Crippen LogP contribution >= 0.6 is 0 Å². The highest BCUT2D eigenvalue weighted by atomic mass is 16.5. The molecule has 0 radical (unpaired) electrons. The number of para-hydroxylation sites is 1. The summed E-state index contributed by atoms with van der Waals surface area (Å²) in [7, 11) is 0. The third-order valence-corrected chi connectivity index (χ3v) is 5.60. The topological polar surface area (TPSA) is 72.8 Å². The van der Waals surface area contributed by atoms with Crippen LogP contribution in [0.4, 0.5) is 5.69 Å². The van der Waals surface area contributed by atoms with Gasteiger partial charge in [-0.05, 0) is 67.9 Å². The van der Waals surface area contributed by atoms with Crippen LogP contribution in [0.1, 0.15) is 29.4 Å². The number of benzene rings is 3. The van der Waals surface area contributed by atoms with E-state index < -0.39 is 0 Å². The Morgan fingerprint density at radius 1 is 0.833 bits per heavy atom. The molecule has 2 heterocycles. The molecule has 0 spiro atoms. The average Bonchev–Trinajstić information content (AvgIpc) is 2.90. The summed E-state index contributed by atoms with van der Waals surface area (Å²) in [5.74, 6) is 2.45. The zero-order valence-electron chi connectivity index (χ0n) is 19.8. The van der Waals surface area contributed by atoms with Crippen molar-refractivity contribution in [3.63, 3.8) is 0 Å². The molecule has 1 amide bonds. The maximum Gasteiger partial charge on any atom is 0.255 e. The summed E-state index contributed by atoms with van der Waals surface area (Å²) in [6, 6.07) is 27.8. The molecule has 1 aromatic heterocycles. The highest BCUT2D eigenvalue weighted by molar-refractivity contribution is 6.09. The molecule has 6 nitrogen and oxygen atoms in total. The number of aromatic nitrogens is 1. The largest absolute Gasteiger partial charge is 0.457 e. The third-order valence-electron chi connectivity index (χ3n) is 5.60. The van der Waals surface area contributed by atoms with Gasteiger partial charge >= 0.3 is 0 Å². The van der Waals surface area contributed by atoms with Gasteiger partial charge in [-0.1, -0.05) is 30.3 Å². The summed E-state index contributed by atoms with van der Waals surface area (Å²) < 4.78 is 11.8. The van der Waals surface area contributed by atoms with E-state index in [2.05, 4.69) is 28.3 Å². The van der Waals surface area contributed by atoms with Gasteiger partial charge < -0.3 is 14.8 Å². The van der Waals surface area contributed by atoms with Crippen molar-refractivity contribution in [3.8, 4) is 23.0 Å². The van der Waals surface area contributed by atoms with Crippen LogP contribution in [-0.4, -0.2) is 23.1 Å². The Hall–Kier alpha value is -4.71. The Balaban J connectivity index is 1.23. The Bertz CT molecular complexity index is 1410. The van der Waals surface area contributed by atoms with Crippen LogP contribution in [0, 0.1) is 0 Å². The van der Waals surface area contributed by atoms with Gasteiger partial charge in [0.25, 0.3) is 5.91 Å². The number of anilines is 1. The van der Waals surface area contributed by atoms with Crippen molar-refractivity contribution in [2.45, 2.75) is 19.4 Å². The van der Waals surface area contributed by atoms with Crippen LogP contribution in [0.5, 0.6) is 23.0 Å². The van der Waals surface area contributed by atoms with Crippen molar-refractivity contribution < 1.29 is 14.3 Å². The number of carbonyl (C=O) groups is 1. The first-order valence-electron chi connectivity index (χ1n) is 11.7. The number of rotatable bonds is 7. The van der Waals surface area contributed by atoms with Crippen molar-refractivity contribution in [2.24, 2.45) is 4.99 Å². The van der Waals surface area contributed by atoms with Crippen molar-refractivity contribution in [3.05, 3.63) is 115 Å². The molecule has 0 saturated carbocycles. The molecule has 6 heteroatoms. The lowest BCUT2D eigenvalue weighted by molar-refractivity contribution is 0.102. The van der Waals surface area contributed by atoms with Gasteiger partial charge in [-0.25, -0.2) is 0 Å². The summed E-state index contributed by atoms with van der Waals surface area (Å²) in [4.78, 5) is 21.7. The predicted octanol–water partition coefficient (Wildman–Crippen LogP) is 7.16. The Morgan fingerprint density at radius 2 is 1.56 bits per heavy atom. The van der Waals surface area contributed by atoms with E-state index in [1.54, 1.807) is 42.6 Å². The van der Waals surface area contributed by atoms with E-state index in [-0.39, 0.29) is 5.91 Å². The number of ether oxygens (including phenoxy) is 2. The summed E-state index contributed by atoms with van der Waals surface area (Å²) in [5.41, 5.74) is 2.96. The molecule has 1 aliphatic rings. The van der Waals surface area contributed by atoms with Gasteiger partial charge in [0.15, 0.2) is 0 Å². The molecule has 0 saturated heterocycles. The lowest BCUT2D eigenvalue weighted by atomic mass is 10.1. The zero-order valence-corrected chi connectivity index (χ0v) is 19.8. The summed E-state index contributed by atoms with van der Waals surface area (Å²) in [5, 5.41) is 2.92. The first-order chi connectivity index (χ1) is 17.6. The van der Waals surface area contributed by atoms with E-state index in [9.17, 15) is 4.79 Å². The second-order valence-corrected chi connectivity index (χ2v) is 8.42. The number of hydrogen-bond acceptors (Lipinski definition) is 5. The number of nitrogens with zero attached hydrogens (tertiary/aromatic N) is 2. The molecule has 1 unspecified atom stereocenters. The van der Waals surface area contributed by atoms with Gasteiger partial charge in [-0.2, -0.15) is 0 Å². The van der Waals surface area contributed by atoms with Crippen molar-refractivity contribution >= 4 is 23.4 Å². The summed E-state index contributed by atoms with van der Waals surface area (Å²) in [6.07, 6.45) is 6.61. The number of carbonyl (C=O) groups excluding carboxylic acids is 1. The quantitative estimate of drug-likeness (QED) is 0.308. The number of nitrogens with one attached hydrogen (secondary N) is 1. The maximum absolute atomic E-state index is 12.8. The first kappa shape index (κ1) is 23.1. The molecule has 1 aliphatic heterocycles. The smallest absolute Gasteiger partial charge is 0.255 e. The number of aliphatic imine (C=N–C) groups is 1. The van der Waals surface area contributed by atoms with Gasteiger partial charge in [0.05, 0.1) is 11.7 Å². The lowest BCUT2D eigenvalue weighted by Crippen LogP contribution is -2.11. The van der Waals surface area contributed by atoms with Crippen molar-refractivity contribution in [1.29, 1.82) is 0 Å². The van der Waals surface area contributed by atoms with Crippen molar-refractivity contribution in [2.75, 3.05) is 5.32 Å². The van der Waals surface area contributed by atoms with Crippen LogP contribution in [0.2, 0.25) is 0 Å². The van der Waals surface area contributed by atoms with E-state index in [1.807, 2.05) is 60.8 Å². The average molecular weight is 476 g/mol. The predicted molar refractivity (Wildman–Crippen MR) is 142 cm³/mol. The molecular formula is C30H25N3O3. The van der Waals surface area contributed by atoms with Gasteiger partial charge in [0.2, 0.25) is 0 Å². The molecule has 0 bridgehead atoms. The summed E-state index contributed by atoms with van der Waals surface area (Å²) >= 11 is 0. The molecular weight excluding hydrogens is 450 g/mol. The van der Waals surface area contributed by atoms with Gasteiger partial charge in [0.1, 0.15) is 23.0 Å². The fraction of sp³-hybridized carbons (Fsp3) is 0.100. The highest BCUT2D eigenvalue weighted by Crippen LogP contribution is 2.27. The van der Waals surface area contributed by atoms with Gasteiger partial charge in [-0.3, -0.25) is 14.8 Å². The monoisotopic (exact) mass is 475 g/mol. The maximum atomic E-state index is 12.8. The van der Waals surface area contributed by atoms with E-state index in [1.165, 1.54) is 0 Å². The molecule has 178 valence electrons. The minimum absolute atomic E-state index is 0.220. The molecule has 1 atom stereocenters. The Kier molecular flexibility index (Phi) is 6.85. The first-order valence-corrected chi connectivity index (χ1v) is 11.7. The minimum atomic E-state index is -0.220. The molecule has 4 aromatic rings. The fourth-order valence-electron chi connectivity index (χ4n) is 3.70. The minimum Gasteiger partial charge on any atom is -0.457 e. The number of hydrogen-bond donors (Lipinski definition) is 1.